The minimum absolute atomic E-state index is 0.208. The number of aromatic nitrogens is 4. The van der Waals surface area contributed by atoms with Gasteiger partial charge < -0.3 is 15.5 Å². The van der Waals surface area contributed by atoms with Gasteiger partial charge in [0.25, 0.3) is 0 Å². The van der Waals surface area contributed by atoms with Crippen LogP contribution in [0.4, 0.5) is 15.9 Å². The second-order valence-corrected chi connectivity index (χ2v) is 6.04. The molecule has 1 aliphatic heterocycles. The van der Waals surface area contributed by atoms with Gasteiger partial charge in [-0.05, 0) is 24.3 Å². The molecule has 0 atom stereocenters. The molecular formula is C17H20FN7. The van der Waals surface area contributed by atoms with E-state index in [1.807, 2.05) is 23.0 Å². The highest BCUT2D eigenvalue weighted by atomic mass is 19.1. The Balaban J connectivity index is 1.52. The monoisotopic (exact) mass is 341 g/mol. The number of fused-ring (bicyclic) bond motifs is 1. The Kier molecular flexibility index (Phi) is 4.19. The molecule has 2 aromatic heterocycles. The number of nitrogens with two attached hydrogens (primary N) is 1. The van der Waals surface area contributed by atoms with Gasteiger partial charge in [-0.15, -0.1) is 0 Å². The number of anilines is 2. The zero-order valence-corrected chi connectivity index (χ0v) is 13.8. The fourth-order valence-corrected chi connectivity index (χ4v) is 3.25. The van der Waals surface area contributed by atoms with E-state index in [0.29, 0.717) is 13.1 Å². The molecule has 7 nitrogen and oxygen atoms in total. The standard InChI is InChI=1S/C17H20FN7/c18-13-1-3-14(4-2-13)23-7-9-24(10-8-23)16-15-11-22-25(6-5-19)17(15)21-12-20-16/h1-4,11-12H,5-10,19H2. The van der Waals surface area contributed by atoms with E-state index in [1.54, 1.807) is 6.33 Å². The predicted molar refractivity (Wildman–Crippen MR) is 95.2 cm³/mol. The van der Waals surface area contributed by atoms with E-state index in [4.69, 9.17) is 5.73 Å². The molecular weight excluding hydrogens is 321 g/mol. The van der Waals surface area contributed by atoms with E-state index in [9.17, 15) is 4.39 Å². The molecule has 130 valence electrons. The molecule has 0 unspecified atom stereocenters. The van der Waals surface area contributed by atoms with Crippen LogP contribution in [-0.4, -0.2) is 52.5 Å². The molecule has 1 aromatic carbocycles. The van der Waals surface area contributed by atoms with Crippen molar-refractivity contribution >= 4 is 22.5 Å². The maximum Gasteiger partial charge on any atom is 0.163 e. The quantitative estimate of drug-likeness (QED) is 0.770. The molecule has 0 radical (unpaired) electrons. The Labute approximate surface area is 144 Å². The summed E-state index contributed by atoms with van der Waals surface area (Å²) in [6, 6.07) is 6.65. The van der Waals surface area contributed by atoms with Crippen LogP contribution in [0.5, 0.6) is 0 Å². The third kappa shape index (κ3) is 3.00. The van der Waals surface area contributed by atoms with Crippen LogP contribution in [0, 0.1) is 5.82 Å². The van der Waals surface area contributed by atoms with Crippen LogP contribution in [0.1, 0.15) is 0 Å². The maximum atomic E-state index is 13.1. The minimum Gasteiger partial charge on any atom is -0.368 e. The number of nitrogens with zero attached hydrogens (tertiary/aromatic N) is 6. The normalized spacial score (nSPS) is 15.1. The van der Waals surface area contributed by atoms with E-state index in [2.05, 4.69) is 24.9 Å². The van der Waals surface area contributed by atoms with Gasteiger partial charge in [-0.1, -0.05) is 0 Å². The summed E-state index contributed by atoms with van der Waals surface area (Å²) in [4.78, 5) is 13.3. The van der Waals surface area contributed by atoms with Crippen LogP contribution in [0.3, 0.4) is 0 Å². The lowest BCUT2D eigenvalue weighted by Crippen LogP contribution is -2.46. The van der Waals surface area contributed by atoms with Gasteiger partial charge in [0.15, 0.2) is 5.65 Å². The number of hydrogen-bond donors (Lipinski definition) is 1. The zero-order valence-electron chi connectivity index (χ0n) is 13.8. The predicted octanol–water partition coefficient (Wildman–Crippen LogP) is 1.25. The summed E-state index contributed by atoms with van der Waals surface area (Å²) in [5.74, 6) is 0.701. The van der Waals surface area contributed by atoms with Crippen LogP contribution in [0.2, 0.25) is 0 Å². The number of halogens is 1. The summed E-state index contributed by atoms with van der Waals surface area (Å²) in [6.45, 7) is 4.55. The zero-order chi connectivity index (χ0) is 17.2. The minimum atomic E-state index is -0.208. The molecule has 8 heteroatoms. The average molecular weight is 341 g/mol. The topological polar surface area (TPSA) is 76.1 Å². The van der Waals surface area contributed by atoms with Crippen molar-refractivity contribution in [1.82, 2.24) is 19.7 Å². The third-order valence-electron chi connectivity index (χ3n) is 4.52. The van der Waals surface area contributed by atoms with Crippen molar-refractivity contribution in [2.24, 2.45) is 5.73 Å². The summed E-state index contributed by atoms with van der Waals surface area (Å²) in [5, 5.41) is 5.32. The molecule has 3 heterocycles. The largest absolute Gasteiger partial charge is 0.368 e. The van der Waals surface area contributed by atoms with Crippen LogP contribution in [0.15, 0.2) is 36.8 Å². The number of piperazine rings is 1. The first-order chi connectivity index (χ1) is 12.3. The van der Waals surface area contributed by atoms with Gasteiger partial charge >= 0.3 is 0 Å². The summed E-state index contributed by atoms with van der Waals surface area (Å²) < 4.78 is 14.9. The smallest absolute Gasteiger partial charge is 0.163 e. The fourth-order valence-electron chi connectivity index (χ4n) is 3.25. The van der Waals surface area contributed by atoms with Crippen molar-refractivity contribution in [3.05, 3.63) is 42.6 Å². The van der Waals surface area contributed by atoms with Gasteiger partial charge in [-0.3, -0.25) is 0 Å². The van der Waals surface area contributed by atoms with Crippen molar-refractivity contribution in [3.63, 3.8) is 0 Å². The Bertz CT molecular complexity index is 853. The molecule has 0 saturated carbocycles. The van der Waals surface area contributed by atoms with Gasteiger partial charge in [0.2, 0.25) is 0 Å². The number of hydrogen-bond acceptors (Lipinski definition) is 6. The summed E-state index contributed by atoms with van der Waals surface area (Å²) in [7, 11) is 0. The van der Waals surface area contributed by atoms with Crippen molar-refractivity contribution in [3.8, 4) is 0 Å². The average Bonchev–Trinajstić information content (AvgIpc) is 3.06. The van der Waals surface area contributed by atoms with Gasteiger partial charge in [0.05, 0.1) is 18.1 Å². The summed E-state index contributed by atoms with van der Waals surface area (Å²) in [6.07, 6.45) is 3.39. The molecule has 0 aliphatic carbocycles. The molecule has 0 spiro atoms. The van der Waals surface area contributed by atoms with E-state index >= 15 is 0 Å². The molecule has 3 aromatic rings. The van der Waals surface area contributed by atoms with E-state index in [1.165, 1.54) is 12.1 Å². The first-order valence-corrected chi connectivity index (χ1v) is 8.38. The second kappa shape index (κ2) is 6.64. The first-order valence-electron chi connectivity index (χ1n) is 8.38. The Hall–Kier alpha value is -2.74. The van der Waals surface area contributed by atoms with E-state index < -0.39 is 0 Å². The van der Waals surface area contributed by atoms with Crippen LogP contribution < -0.4 is 15.5 Å². The molecule has 1 aliphatic rings. The van der Waals surface area contributed by atoms with Gasteiger partial charge in [0, 0.05) is 38.4 Å². The second-order valence-electron chi connectivity index (χ2n) is 6.04. The van der Waals surface area contributed by atoms with Crippen molar-refractivity contribution in [2.75, 3.05) is 42.5 Å². The van der Waals surface area contributed by atoms with Crippen molar-refractivity contribution in [1.29, 1.82) is 0 Å². The number of rotatable bonds is 4. The van der Waals surface area contributed by atoms with E-state index in [-0.39, 0.29) is 5.82 Å². The molecule has 1 fully saturated rings. The van der Waals surface area contributed by atoms with Crippen LogP contribution in [0.25, 0.3) is 11.0 Å². The lowest BCUT2D eigenvalue weighted by atomic mass is 10.2. The lowest BCUT2D eigenvalue weighted by molar-refractivity contribution is 0.624. The van der Waals surface area contributed by atoms with Gasteiger partial charge in [0.1, 0.15) is 18.0 Å². The Morgan fingerprint density at radius 2 is 1.72 bits per heavy atom. The Morgan fingerprint density at radius 1 is 1.00 bits per heavy atom. The highest BCUT2D eigenvalue weighted by molar-refractivity contribution is 5.86. The summed E-state index contributed by atoms with van der Waals surface area (Å²) in [5.41, 5.74) is 7.49. The van der Waals surface area contributed by atoms with Crippen molar-refractivity contribution in [2.45, 2.75) is 6.54 Å². The summed E-state index contributed by atoms with van der Waals surface area (Å²) >= 11 is 0. The highest BCUT2D eigenvalue weighted by Crippen LogP contribution is 2.25. The SMILES string of the molecule is NCCn1ncc2c(N3CCN(c4ccc(F)cc4)CC3)ncnc21. The highest BCUT2D eigenvalue weighted by Gasteiger charge is 2.21. The first kappa shape index (κ1) is 15.8. The van der Waals surface area contributed by atoms with Gasteiger partial charge in [-0.2, -0.15) is 5.10 Å². The molecule has 1 saturated heterocycles. The van der Waals surface area contributed by atoms with Crippen molar-refractivity contribution < 1.29 is 4.39 Å². The maximum absolute atomic E-state index is 13.1. The van der Waals surface area contributed by atoms with Crippen LogP contribution >= 0.6 is 0 Å². The Morgan fingerprint density at radius 3 is 2.44 bits per heavy atom. The lowest BCUT2D eigenvalue weighted by Gasteiger charge is -2.36. The fraction of sp³-hybridized carbons (Fsp3) is 0.353. The molecule has 0 amide bonds. The molecule has 4 rings (SSSR count). The molecule has 25 heavy (non-hydrogen) atoms. The van der Waals surface area contributed by atoms with Crippen LogP contribution in [-0.2, 0) is 6.54 Å². The number of benzene rings is 1. The molecule has 2 N–H and O–H groups in total. The third-order valence-corrected chi connectivity index (χ3v) is 4.52. The molecule has 0 bridgehead atoms. The van der Waals surface area contributed by atoms with Gasteiger partial charge in [-0.25, -0.2) is 19.0 Å². The van der Waals surface area contributed by atoms with E-state index in [0.717, 1.165) is 48.7 Å².